The Labute approximate surface area is 171 Å². The highest BCUT2D eigenvalue weighted by molar-refractivity contribution is 5.62. The number of para-hydroxylation sites is 1. The van der Waals surface area contributed by atoms with E-state index in [0.717, 1.165) is 5.69 Å². The van der Waals surface area contributed by atoms with Crippen molar-refractivity contribution in [3.05, 3.63) is 59.0 Å². The van der Waals surface area contributed by atoms with Crippen LogP contribution in [-0.2, 0) is 0 Å². The summed E-state index contributed by atoms with van der Waals surface area (Å²) in [4.78, 5) is 16.4. The van der Waals surface area contributed by atoms with Gasteiger partial charge in [-0.05, 0) is 43.9 Å². The van der Waals surface area contributed by atoms with Gasteiger partial charge in [-0.3, -0.25) is 4.98 Å². The Morgan fingerprint density at radius 1 is 1.23 bits per heavy atom. The molecular weight excluding hydrogens is 382 g/mol. The lowest BCUT2D eigenvalue weighted by Crippen LogP contribution is -2.23. The SMILES string of the molecule is C[C@H](N=c1nc(Nc2ccccc2)n2ncc(=Cc3cc(O)[nH]c3O)c2n1)C1CC1. The molecule has 1 atom stereocenters. The molecule has 4 N–H and O–H groups in total. The molecule has 3 heterocycles. The minimum Gasteiger partial charge on any atom is -0.494 e. The molecule has 9 heteroatoms. The molecule has 1 fully saturated rings. The molecule has 9 nitrogen and oxygen atoms in total. The lowest BCUT2D eigenvalue weighted by molar-refractivity contribution is 0.425. The van der Waals surface area contributed by atoms with Gasteiger partial charge in [-0.15, -0.1) is 0 Å². The molecule has 0 aliphatic heterocycles. The third-order valence-corrected chi connectivity index (χ3v) is 5.16. The van der Waals surface area contributed by atoms with Crippen molar-refractivity contribution in [2.75, 3.05) is 5.32 Å². The normalized spacial score (nSPS) is 16.3. The summed E-state index contributed by atoms with van der Waals surface area (Å²) < 4.78 is 1.60. The van der Waals surface area contributed by atoms with Crippen molar-refractivity contribution < 1.29 is 10.2 Å². The van der Waals surface area contributed by atoms with Gasteiger partial charge in [-0.25, -0.2) is 4.99 Å². The van der Waals surface area contributed by atoms with Gasteiger partial charge in [-0.1, -0.05) is 18.2 Å². The van der Waals surface area contributed by atoms with Gasteiger partial charge in [0.25, 0.3) is 0 Å². The minimum atomic E-state index is -0.129. The van der Waals surface area contributed by atoms with Crippen LogP contribution in [-0.4, -0.2) is 40.8 Å². The highest BCUT2D eigenvalue weighted by Gasteiger charge is 2.27. The summed E-state index contributed by atoms with van der Waals surface area (Å²) in [5.41, 5.74) is 2.23. The van der Waals surface area contributed by atoms with Gasteiger partial charge in [0.1, 0.15) is 0 Å². The molecule has 30 heavy (non-hydrogen) atoms. The lowest BCUT2D eigenvalue weighted by Gasteiger charge is -2.07. The Balaban J connectivity index is 1.68. The Kier molecular flexibility index (Phi) is 4.35. The second-order valence-corrected chi connectivity index (χ2v) is 7.48. The molecule has 0 radical (unpaired) electrons. The maximum Gasteiger partial charge on any atom is 0.250 e. The maximum atomic E-state index is 9.96. The third kappa shape index (κ3) is 3.57. The van der Waals surface area contributed by atoms with Gasteiger partial charge >= 0.3 is 0 Å². The number of aromatic nitrogens is 5. The Bertz CT molecular complexity index is 1320. The third-order valence-electron chi connectivity index (χ3n) is 5.16. The predicted molar refractivity (Wildman–Crippen MR) is 111 cm³/mol. The zero-order valence-corrected chi connectivity index (χ0v) is 16.3. The number of hydrogen-bond acceptors (Lipinski definition) is 7. The Morgan fingerprint density at radius 3 is 2.73 bits per heavy atom. The summed E-state index contributed by atoms with van der Waals surface area (Å²) in [6, 6.07) is 11.3. The minimum absolute atomic E-state index is 0.120. The summed E-state index contributed by atoms with van der Waals surface area (Å²) in [7, 11) is 0. The van der Waals surface area contributed by atoms with E-state index < -0.39 is 0 Å². The van der Waals surface area contributed by atoms with Gasteiger partial charge < -0.3 is 15.5 Å². The van der Waals surface area contributed by atoms with Gasteiger partial charge in [0.15, 0.2) is 17.4 Å². The van der Waals surface area contributed by atoms with E-state index in [9.17, 15) is 10.2 Å². The number of nitrogens with zero attached hydrogens (tertiary/aromatic N) is 5. The van der Waals surface area contributed by atoms with Crippen LogP contribution in [0.15, 0.2) is 47.6 Å². The van der Waals surface area contributed by atoms with Crippen LogP contribution in [0.2, 0.25) is 0 Å². The van der Waals surface area contributed by atoms with Crippen LogP contribution in [0.1, 0.15) is 25.3 Å². The molecule has 0 unspecified atom stereocenters. The quantitative estimate of drug-likeness (QED) is 0.403. The first kappa shape index (κ1) is 18.2. The van der Waals surface area contributed by atoms with Crippen molar-refractivity contribution in [3.8, 4) is 11.8 Å². The highest BCUT2D eigenvalue weighted by atomic mass is 16.3. The summed E-state index contributed by atoms with van der Waals surface area (Å²) in [6.45, 7) is 2.08. The smallest absolute Gasteiger partial charge is 0.250 e. The molecule has 1 aliphatic rings. The first-order valence-corrected chi connectivity index (χ1v) is 9.81. The number of benzene rings is 1. The van der Waals surface area contributed by atoms with Crippen molar-refractivity contribution in [2.24, 2.45) is 10.9 Å². The van der Waals surface area contributed by atoms with Gasteiger partial charge in [0.05, 0.1) is 12.2 Å². The van der Waals surface area contributed by atoms with E-state index in [1.54, 1.807) is 16.8 Å². The molecule has 0 bridgehead atoms. The summed E-state index contributed by atoms with van der Waals surface area (Å²) in [6.07, 6.45) is 5.70. The first-order chi connectivity index (χ1) is 14.6. The molecule has 3 aromatic heterocycles. The van der Waals surface area contributed by atoms with Crippen molar-refractivity contribution in [1.29, 1.82) is 0 Å². The van der Waals surface area contributed by atoms with Crippen LogP contribution >= 0.6 is 0 Å². The number of hydrogen-bond donors (Lipinski definition) is 4. The average molecular weight is 403 g/mol. The molecule has 0 spiro atoms. The number of anilines is 2. The molecule has 0 saturated heterocycles. The van der Waals surface area contributed by atoms with E-state index in [1.807, 2.05) is 30.3 Å². The standard InChI is InChI=1S/C21H21N7O2/c1-12(13-7-8-13)23-20-26-18-15(9-14-10-17(29)25-19(14)30)11-22-28(18)21(27-20)24-16-5-3-2-4-6-16/h2-6,9-13,25,29-30H,7-8H2,1H3,(H,23,24,27)/t12-/m0/s1. The van der Waals surface area contributed by atoms with E-state index in [4.69, 9.17) is 4.99 Å². The van der Waals surface area contributed by atoms with Gasteiger partial charge in [0.2, 0.25) is 11.6 Å². The van der Waals surface area contributed by atoms with E-state index in [0.29, 0.717) is 33.9 Å². The molecule has 5 rings (SSSR count). The topological polar surface area (TPSA) is 124 Å². The number of aromatic amines is 1. The van der Waals surface area contributed by atoms with Crippen molar-refractivity contribution >= 4 is 23.4 Å². The predicted octanol–water partition coefficient (Wildman–Crippen LogP) is 1.85. The van der Waals surface area contributed by atoms with E-state index >= 15 is 0 Å². The number of H-pyrrole nitrogens is 1. The number of rotatable bonds is 5. The second kappa shape index (κ2) is 7.18. The van der Waals surface area contributed by atoms with Gasteiger partial charge in [-0.2, -0.15) is 19.6 Å². The van der Waals surface area contributed by atoms with Crippen molar-refractivity contribution in [2.45, 2.75) is 25.8 Å². The van der Waals surface area contributed by atoms with E-state index in [2.05, 4.69) is 32.3 Å². The zero-order chi connectivity index (χ0) is 20.7. The number of aromatic hydroxyl groups is 2. The lowest BCUT2D eigenvalue weighted by atomic mass is 10.2. The molecule has 4 aromatic rings. The monoisotopic (exact) mass is 403 g/mol. The second-order valence-electron chi connectivity index (χ2n) is 7.48. The van der Waals surface area contributed by atoms with Crippen molar-refractivity contribution in [1.82, 2.24) is 24.6 Å². The summed E-state index contributed by atoms with van der Waals surface area (Å²) in [5, 5.41) is 27.9. The molecule has 1 aromatic carbocycles. The van der Waals surface area contributed by atoms with Gasteiger partial charge in [0, 0.05) is 22.5 Å². The fourth-order valence-electron chi connectivity index (χ4n) is 3.36. The maximum absolute atomic E-state index is 9.96. The fraction of sp³-hybridized carbons (Fsp3) is 0.238. The molecule has 152 valence electrons. The molecular formula is C21H21N7O2. The average Bonchev–Trinajstić information content (AvgIpc) is 3.43. The van der Waals surface area contributed by atoms with Crippen molar-refractivity contribution in [3.63, 3.8) is 0 Å². The Morgan fingerprint density at radius 2 is 2.03 bits per heavy atom. The van der Waals surface area contributed by atoms with Crippen LogP contribution < -0.4 is 16.2 Å². The van der Waals surface area contributed by atoms with Crippen LogP contribution in [0, 0.1) is 5.92 Å². The van der Waals surface area contributed by atoms with Crippen LogP contribution in [0.25, 0.3) is 11.7 Å². The fourth-order valence-corrected chi connectivity index (χ4v) is 3.36. The van der Waals surface area contributed by atoms with Crippen LogP contribution in [0.3, 0.4) is 0 Å². The summed E-state index contributed by atoms with van der Waals surface area (Å²) >= 11 is 0. The van der Waals surface area contributed by atoms with Crippen LogP contribution in [0.4, 0.5) is 11.6 Å². The highest BCUT2D eigenvalue weighted by Crippen LogP contribution is 2.33. The van der Waals surface area contributed by atoms with Crippen LogP contribution in [0.5, 0.6) is 11.8 Å². The number of fused-ring (bicyclic) bond motifs is 1. The molecule has 1 aliphatic carbocycles. The first-order valence-electron chi connectivity index (χ1n) is 9.81. The molecule has 1 saturated carbocycles. The molecule has 0 amide bonds. The summed E-state index contributed by atoms with van der Waals surface area (Å²) in [5.74, 6) is 0.834. The van der Waals surface area contributed by atoms with E-state index in [1.165, 1.54) is 18.9 Å². The van der Waals surface area contributed by atoms with E-state index in [-0.39, 0.29) is 17.8 Å². The number of nitrogens with one attached hydrogen (secondary N) is 2. The largest absolute Gasteiger partial charge is 0.494 e. The Hall–Kier alpha value is -3.88. The zero-order valence-electron chi connectivity index (χ0n) is 16.3.